The summed E-state index contributed by atoms with van der Waals surface area (Å²) in [5.41, 5.74) is 11.6. The third kappa shape index (κ3) is 2.87. The molecule has 0 spiro atoms. The molecule has 166 valence electrons. The molecule has 3 aliphatic rings. The molecule has 0 aromatic heterocycles. The van der Waals surface area contributed by atoms with Crippen LogP contribution in [0.1, 0.15) is 28.7 Å². The number of fused-ring (bicyclic) bond motifs is 3. The average Bonchev–Trinajstić information content (AvgIpc) is 3.43. The van der Waals surface area contributed by atoms with E-state index in [1.54, 1.807) is 0 Å². The second-order valence-electron chi connectivity index (χ2n) is 7.74. The Hall–Kier alpha value is -3.78. The molecule has 0 amide bonds. The number of cyclic esters (lactones) is 1. The largest absolute Gasteiger partial charge is 0.493 e. The Balaban J connectivity index is 1.77. The van der Waals surface area contributed by atoms with E-state index in [0.717, 1.165) is 16.7 Å². The molecule has 1 unspecified atom stereocenters. The first-order valence-corrected chi connectivity index (χ1v) is 10.1. The molecule has 0 saturated carbocycles. The summed E-state index contributed by atoms with van der Waals surface area (Å²) >= 11 is 0. The molecule has 1 aliphatic carbocycles. The van der Waals surface area contributed by atoms with Crippen molar-refractivity contribution in [3.8, 4) is 28.7 Å². The van der Waals surface area contributed by atoms with Gasteiger partial charge >= 0.3 is 5.97 Å². The van der Waals surface area contributed by atoms with Gasteiger partial charge < -0.3 is 28.4 Å². The molecule has 1 fully saturated rings. The van der Waals surface area contributed by atoms with Crippen molar-refractivity contribution in [1.82, 2.24) is 0 Å². The van der Waals surface area contributed by atoms with Crippen LogP contribution in [-0.2, 0) is 9.53 Å². The van der Waals surface area contributed by atoms with Crippen molar-refractivity contribution in [2.24, 2.45) is 17.0 Å². The molecule has 1 saturated heterocycles. The van der Waals surface area contributed by atoms with Gasteiger partial charge in [0, 0.05) is 16.7 Å². The minimum absolute atomic E-state index is 0.105. The van der Waals surface area contributed by atoms with E-state index < -0.39 is 17.9 Å². The molecule has 2 aliphatic heterocycles. The van der Waals surface area contributed by atoms with Gasteiger partial charge in [-0.2, -0.15) is 0 Å². The van der Waals surface area contributed by atoms with Gasteiger partial charge in [0.15, 0.2) is 23.0 Å². The van der Waals surface area contributed by atoms with Crippen LogP contribution in [0.15, 0.2) is 29.4 Å². The summed E-state index contributed by atoms with van der Waals surface area (Å²) < 4.78 is 33.1. The molecule has 2 heterocycles. The van der Waals surface area contributed by atoms with Crippen molar-refractivity contribution in [3.05, 3.63) is 51.4 Å². The summed E-state index contributed by atoms with van der Waals surface area (Å²) in [5, 5.41) is 4.03. The van der Waals surface area contributed by atoms with Crippen LogP contribution in [0.5, 0.6) is 28.7 Å². The number of esters is 1. The van der Waals surface area contributed by atoms with Crippen LogP contribution in [0.25, 0.3) is 10.4 Å². The Morgan fingerprint density at radius 1 is 0.969 bits per heavy atom. The molecule has 2 aromatic rings. The van der Waals surface area contributed by atoms with Crippen LogP contribution in [-0.4, -0.2) is 40.7 Å². The summed E-state index contributed by atoms with van der Waals surface area (Å²) in [6.07, 6.45) is 0. The highest BCUT2D eigenvalue weighted by molar-refractivity contribution is 5.79. The summed E-state index contributed by atoms with van der Waals surface area (Å²) in [7, 11) is 4.61. The fraction of sp³-hybridized carbons (Fsp3) is 0.409. The predicted molar refractivity (Wildman–Crippen MR) is 110 cm³/mol. The Labute approximate surface area is 183 Å². The van der Waals surface area contributed by atoms with Gasteiger partial charge in [0.05, 0.1) is 39.9 Å². The first-order chi connectivity index (χ1) is 15.6. The van der Waals surface area contributed by atoms with Gasteiger partial charge in [-0.25, -0.2) is 0 Å². The van der Waals surface area contributed by atoms with Gasteiger partial charge in [-0.1, -0.05) is 5.11 Å². The van der Waals surface area contributed by atoms with Gasteiger partial charge in [-0.15, -0.1) is 0 Å². The Morgan fingerprint density at radius 2 is 1.62 bits per heavy atom. The zero-order valence-electron chi connectivity index (χ0n) is 17.7. The molecule has 5 rings (SSSR count). The van der Waals surface area contributed by atoms with Gasteiger partial charge in [-0.05, 0) is 46.5 Å². The maximum atomic E-state index is 12.9. The number of hydrogen-bond acceptors (Lipinski definition) is 8. The van der Waals surface area contributed by atoms with Crippen molar-refractivity contribution in [2.75, 3.05) is 34.7 Å². The number of methoxy groups -OCH3 is 3. The van der Waals surface area contributed by atoms with Crippen molar-refractivity contribution in [1.29, 1.82) is 0 Å². The lowest BCUT2D eigenvalue weighted by atomic mass is 9.65. The molecule has 4 atom stereocenters. The van der Waals surface area contributed by atoms with E-state index in [2.05, 4.69) is 10.0 Å². The van der Waals surface area contributed by atoms with E-state index >= 15 is 0 Å². The number of nitrogens with zero attached hydrogens (tertiary/aromatic N) is 3. The second-order valence-corrected chi connectivity index (χ2v) is 7.74. The normalized spacial score (nSPS) is 24.7. The minimum Gasteiger partial charge on any atom is -0.493 e. The summed E-state index contributed by atoms with van der Waals surface area (Å²) in [6, 6.07) is 6.78. The number of ether oxygens (including phenoxy) is 6. The molecule has 10 nitrogen and oxygen atoms in total. The van der Waals surface area contributed by atoms with Crippen LogP contribution < -0.4 is 23.7 Å². The Morgan fingerprint density at radius 3 is 2.22 bits per heavy atom. The van der Waals surface area contributed by atoms with Gasteiger partial charge in [0.2, 0.25) is 12.5 Å². The standard InChI is InChI=1S/C22H21N3O7/c1-27-16-4-10(5-17(28-2)21(16)29-3)18-11-6-14-15(32-9-31-14)7-12(11)20(24-25-23)13-8-30-22(26)19(13)18/h4-7,13,18-20H,8-9H2,1-3H3/t13?,18-,19+,20-/m1/s1. The highest BCUT2D eigenvalue weighted by atomic mass is 16.7. The predicted octanol–water partition coefficient (Wildman–Crippen LogP) is 3.73. The van der Waals surface area contributed by atoms with Crippen LogP contribution in [0.2, 0.25) is 0 Å². The monoisotopic (exact) mass is 439 g/mol. The summed E-state index contributed by atoms with van der Waals surface area (Å²) in [4.78, 5) is 16.0. The number of azide groups is 1. The van der Waals surface area contributed by atoms with E-state index in [4.69, 9.17) is 28.4 Å². The van der Waals surface area contributed by atoms with Crippen molar-refractivity contribution in [2.45, 2.75) is 12.0 Å². The average molecular weight is 439 g/mol. The number of carbonyl (C=O) groups excluding carboxylic acids is 1. The highest BCUT2D eigenvalue weighted by Gasteiger charge is 2.52. The first kappa shape index (κ1) is 20.1. The number of carbonyl (C=O) groups is 1. The molecule has 0 radical (unpaired) electrons. The number of hydrogen-bond donors (Lipinski definition) is 0. The molecule has 0 N–H and O–H groups in total. The van der Waals surface area contributed by atoms with Crippen molar-refractivity contribution >= 4 is 5.97 Å². The summed E-state index contributed by atoms with van der Waals surface area (Å²) in [6.45, 7) is 0.274. The van der Waals surface area contributed by atoms with E-state index in [0.29, 0.717) is 28.7 Å². The third-order valence-electron chi connectivity index (χ3n) is 6.37. The van der Waals surface area contributed by atoms with Crippen LogP contribution >= 0.6 is 0 Å². The van der Waals surface area contributed by atoms with Crippen LogP contribution in [0.3, 0.4) is 0 Å². The van der Waals surface area contributed by atoms with Gasteiger partial charge in [0.1, 0.15) is 0 Å². The molecule has 0 bridgehead atoms. The topological polar surface area (TPSA) is 121 Å². The maximum Gasteiger partial charge on any atom is 0.310 e. The lowest BCUT2D eigenvalue weighted by Gasteiger charge is -2.37. The smallest absolute Gasteiger partial charge is 0.310 e. The molecular weight excluding hydrogens is 418 g/mol. The van der Waals surface area contributed by atoms with Crippen molar-refractivity contribution < 1.29 is 33.2 Å². The number of benzene rings is 2. The third-order valence-corrected chi connectivity index (χ3v) is 6.37. The second kappa shape index (κ2) is 7.72. The molecular formula is C22H21N3O7. The van der Waals surface area contributed by atoms with E-state index in [-0.39, 0.29) is 25.3 Å². The van der Waals surface area contributed by atoms with E-state index in [9.17, 15) is 10.3 Å². The van der Waals surface area contributed by atoms with Crippen LogP contribution in [0, 0.1) is 11.8 Å². The fourth-order valence-electron chi connectivity index (χ4n) is 5.02. The zero-order chi connectivity index (χ0) is 22.4. The first-order valence-electron chi connectivity index (χ1n) is 10.1. The van der Waals surface area contributed by atoms with E-state index in [1.165, 1.54) is 21.3 Å². The van der Waals surface area contributed by atoms with Gasteiger partial charge in [-0.3, -0.25) is 4.79 Å². The Bertz CT molecular complexity index is 1120. The molecule has 10 heteroatoms. The molecule has 2 aromatic carbocycles. The summed E-state index contributed by atoms with van der Waals surface area (Å²) in [5.74, 6) is 0.941. The van der Waals surface area contributed by atoms with E-state index in [1.807, 2.05) is 24.3 Å². The Kier molecular flexibility index (Phi) is 4.86. The zero-order valence-corrected chi connectivity index (χ0v) is 17.7. The molecule has 32 heavy (non-hydrogen) atoms. The van der Waals surface area contributed by atoms with Crippen molar-refractivity contribution in [3.63, 3.8) is 0 Å². The highest BCUT2D eigenvalue weighted by Crippen LogP contribution is 2.56. The van der Waals surface area contributed by atoms with Gasteiger partial charge in [0.25, 0.3) is 0 Å². The quantitative estimate of drug-likeness (QED) is 0.301. The lowest BCUT2D eigenvalue weighted by Crippen LogP contribution is -2.34. The lowest BCUT2D eigenvalue weighted by molar-refractivity contribution is -0.141. The van der Waals surface area contributed by atoms with Crippen LogP contribution in [0.4, 0.5) is 0 Å². The maximum absolute atomic E-state index is 12.9. The SMILES string of the molecule is COc1cc([C@@H]2c3cc4c(cc3[C@@H](N=[N+]=[N-])C3COC(=O)[C@@H]32)OCO4)cc(OC)c1OC. The number of rotatable bonds is 5. The fourth-order valence-corrected chi connectivity index (χ4v) is 5.02. The minimum atomic E-state index is -0.570.